The zero-order valence-corrected chi connectivity index (χ0v) is 16.4. The van der Waals surface area contributed by atoms with Gasteiger partial charge in [-0.15, -0.1) is 11.8 Å². The normalized spacial score (nSPS) is 45.6. The molecule has 2 aliphatic heterocycles. The fourth-order valence-corrected chi connectivity index (χ4v) is 6.54. The van der Waals surface area contributed by atoms with Crippen LogP contribution in [-0.4, -0.2) is 48.5 Å². The van der Waals surface area contributed by atoms with Gasteiger partial charge in [-0.1, -0.05) is 12.8 Å². The molecule has 0 aromatic heterocycles. The highest BCUT2D eigenvalue weighted by Gasteiger charge is 2.46. The summed E-state index contributed by atoms with van der Waals surface area (Å²) in [7, 11) is 3.73. The van der Waals surface area contributed by atoms with Gasteiger partial charge in [0.2, 0.25) is 0 Å². The van der Waals surface area contributed by atoms with Gasteiger partial charge in [0.1, 0.15) is 5.50 Å². The van der Waals surface area contributed by atoms with Crippen LogP contribution in [0.4, 0.5) is 0 Å². The molecule has 4 fully saturated rings. The molecule has 144 valence electrons. The molecule has 2 saturated heterocycles. The monoisotopic (exact) mass is 370 g/mol. The maximum absolute atomic E-state index is 5.79. The topological polar surface area (TPSA) is 57.8 Å². The van der Waals surface area contributed by atoms with Crippen molar-refractivity contribution in [2.75, 3.05) is 14.2 Å². The van der Waals surface area contributed by atoms with Crippen molar-refractivity contribution in [1.29, 1.82) is 0 Å². The Kier molecular flexibility index (Phi) is 6.22. The van der Waals surface area contributed by atoms with Gasteiger partial charge in [-0.3, -0.25) is 0 Å². The van der Waals surface area contributed by atoms with E-state index in [0.29, 0.717) is 35.2 Å². The predicted octanol–water partition coefficient (Wildman–Crippen LogP) is 2.38. The highest BCUT2D eigenvalue weighted by molar-refractivity contribution is 8.00. The first kappa shape index (κ1) is 18.5. The average molecular weight is 371 g/mol. The summed E-state index contributed by atoms with van der Waals surface area (Å²) in [6.07, 6.45) is 12.6. The van der Waals surface area contributed by atoms with Crippen molar-refractivity contribution in [3.8, 4) is 0 Å². The van der Waals surface area contributed by atoms with Gasteiger partial charge >= 0.3 is 0 Å². The second-order valence-electron chi connectivity index (χ2n) is 8.09. The van der Waals surface area contributed by atoms with Crippen LogP contribution in [0.25, 0.3) is 0 Å². The molecule has 6 nitrogen and oxygen atoms in total. The Morgan fingerprint density at radius 2 is 1.76 bits per heavy atom. The van der Waals surface area contributed by atoms with Gasteiger partial charge in [0, 0.05) is 20.1 Å². The summed E-state index contributed by atoms with van der Waals surface area (Å²) in [4.78, 5) is 0. The number of methoxy groups -OCH3 is 2. The van der Waals surface area contributed by atoms with E-state index in [1.807, 2.05) is 26.0 Å². The van der Waals surface area contributed by atoms with Crippen LogP contribution in [0.3, 0.4) is 0 Å². The third-order valence-electron chi connectivity index (χ3n) is 6.64. The van der Waals surface area contributed by atoms with E-state index in [9.17, 15) is 0 Å². The van der Waals surface area contributed by atoms with E-state index in [1.165, 1.54) is 57.8 Å². The summed E-state index contributed by atoms with van der Waals surface area (Å²) < 4.78 is 11.3. The smallest absolute Gasteiger partial charge is 0.136 e. The van der Waals surface area contributed by atoms with Crippen LogP contribution in [0.5, 0.6) is 0 Å². The van der Waals surface area contributed by atoms with Gasteiger partial charge in [-0.25, -0.2) is 16.3 Å². The fourth-order valence-electron chi connectivity index (χ4n) is 5.10. The van der Waals surface area contributed by atoms with Crippen molar-refractivity contribution in [2.24, 2.45) is 11.8 Å². The zero-order chi connectivity index (χ0) is 17.2. The van der Waals surface area contributed by atoms with E-state index in [4.69, 9.17) is 9.47 Å². The molecule has 0 aromatic rings. The summed E-state index contributed by atoms with van der Waals surface area (Å²) in [6, 6.07) is 0. The number of hydrogen-bond acceptors (Lipinski definition) is 7. The lowest BCUT2D eigenvalue weighted by atomic mass is 9.84. The highest BCUT2D eigenvalue weighted by atomic mass is 32.2. The van der Waals surface area contributed by atoms with Gasteiger partial charge in [0.15, 0.2) is 0 Å². The van der Waals surface area contributed by atoms with Crippen LogP contribution in [0.1, 0.15) is 57.8 Å². The minimum absolute atomic E-state index is 0.338. The minimum Gasteiger partial charge on any atom is -0.381 e. The third kappa shape index (κ3) is 4.03. The van der Waals surface area contributed by atoms with Gasteiger partial charge in [-0.2, -0.15) is 5.01 Å². The molecule has 0 radical (unpaired) electrons. The Morgan fingerprint density at radius 3 is 2.52 bits per heavy atom. The number of thioether (sulfide) groups is 1. The molecule has 3 N–H and O–H groups in total. The Balaban J connectivity index is 1.31. The molecule has 0 spiro atoms. The van der Waals surface area contributed by atoms with Crippen LogP contribution in [0.2, 0.25) is 0 Å². The summed E-state index contributed by atoms with van der Waals surface area (Å²) >= 11 is 2.02. The first-order valence-corrected chi connectivity index (χ1v) is 11.0. The molecule has 0 aromatic carbocycles. The van der Waals surface area contributed by atoms with E-state index < -0.39 is 0 Å². The molecule has 5 unspecified atom stereocenters. The van der Waals surface area contributed by atoms with E-state index in [0.717, 1.165) is 5.92 Å². The number of nitrogens with zero attached hydrogens (tertiary/aromatic N) is 1. The quantitative estimate of drug-likeness (QED) is 0.687. The maximum Gasteiger partial charge on any atom is 0.136 e. The molecule has 5 atom stereocenters. The third-order valence-corrected chi connectivity index (χ3v) is 7.99. The molecule has 25 heavy (non-hydrogen) atoms. The second kappa shape index (κ2) is 8.42. The van der Waals surface area contributed by atoms with Crippen molar-refractivity contribution < 1.29 is 9.47 Å². The molecule has 7 heteroatoms. The highest BCUT2D eigenvalue weighted by Crippen LogP contribution is 2.40. The van der Waals surface area contributed by atoms with Crippen molar-refractivity contribution >= 4 is 11.8 Å². The van der Waals surface area contributed by atoms with Crippen molar-refractivity contribution in [1.82, 2.24) is 21.3 Å². The molecule has 4 aliphatic rings. The second-order valence-corrected chi connectivity index (χ2v) is 9.31. The maximum atomic E-state index is 5.79. The first-order valence-electron chi connectivity index (χ1n) is 10.0. The number of hydrogen-bond donors (Lipinski definition) is 3. The van der Waals surface area contributed by atoms with E-state index >= 15 is 0 Å². The Hall–Kier alpha value is 0.110. The Labute approximate surface area is 156 Å². The molecule has 2 heterocycles. The van der Waals surface area contributed by atoms with Crippen LogP contribution in [-0.2, 0) is 9.47 Å². The molecular formula is C18H34N4O2S. The first-order chi connectivity index (χ1) is 12.3. The van der Waals surface area contributed by atoms with Gasteiger partial charge < -0.3 is 9.47 Å². The molecule has 4 rings (SSSR count). The Bertz CT molecular complexity index is 435. The van der Waals surface area contributed by atoms with Gasteiger partial charge in [0.05, 0.1) is 23.7 Å². The lowest BCUT2D eigenvalue weighted by molar-refractivity contribution is 0.00722. The standard InChI is InChI=1S/C18H34N4O2S/c1-23-13-9-7-12(8-10-13)11-16-19-20-18-22(16)21-17(25-18)14-5-3-4-6-15(14)24-2/h12-21H,3-11H2,1-2H3. The molecule has 2 saturated carbocycles. The van der Waals surface area contributed by atoms with E-state index in [2.05, 4.69) is 21.3 Å². The van der Waals surface area contributed by atoms with E-state index in [1.54, 1.807) is 0 Å². The summed E-state index contributed by atoms with van der Waals surface area (Å²) in [5.41, 5.74) is 11.2. The van der Waals surface area contributed by atoms with Gasteiger partial charge in [-0.05, 0) is 50.9 Å². The summed E-state index contributed by atoms with van der Waals surface area (Å²) in [5.74, 6) is 1.42. The molecule has 2 aliphatic carbocycles. The lowest BCUT2D eigenvalue weighted by Crippen LogP contribution is -2.50. The van der Waals surface area contributed by atoms with Crippen molar-refractivity contribution in [3.05, 3.63) is 0 Å². The zero-order valence-electron chi connectivity index (χ0n) is 15.6. The van der Waals surface area contributed by atoms with Crippen molar-refractivity contribution in [3.63, 3.8) is 0 Å². The van der Waals surface area contributed by atoms with Crippen LogP contribution in [0, 0.1) is 11.8 Å². The van der Waals surface area contributed by atoms with Crippen LogP contribution < -0.4 is 16.3 Å². The number of nitrogens with one attached hydrogen (secondary N) is 3. The summed E-state index contributed by atoms with van der Waals surface area (Å²) in [6.45, 7) is 0. The number of hydrazine groups is 2. The van der Waals surface area contributed by atoms with Gasteiger partial charge in [0.25, 0.3) is 0 Å². The molecule has 0 amide bonds. The fraction of sp³-hybridized carbons (Fsp3) is 1.00. The molecular weight excluding hydrogens is 336 g/mol. The number of ether oxygens (including phenoxy) is 2. The lowest BCUT2D eigenvalue weighted by Gasteiger charge is -2.35. The van der Waals surface area contributed by atoms with Crippen LogP contribution >= 0.6 is 11.8 Å². The minimum atomic E-state index is 0.338. The SMILES string of the molecule is COC1CCC(CC2NNC3SC(C4CCCCC4OC)NN23)CC1. The largest absolute Gasteiger partial charge is 0.381 e. The number of fused-ring (bicyclic) bond motifs is 1. The summed E-state index contributed by atoms with van der Waals surface area (Å²) in [5, 5.41) is 2.90. The molecule has 0 bridgehead atoms. The average Bonchev–Trinajstić information content (AvgIpc) is 3.24. The Morgan fingerprint density at radius 1 is 0.960 bits per heavy atom. The van der Waals surface area contributed by atoms with Crippen LogP contribution in [0.15, 0.2) is 0 Å². The number of rotatable bonds is 5. The predicted molar refractivity (Wildman–Crippen MR) is 100 cm³/mol. The van der Waals surface area contributed by atoms with Crippen molar-refractivity contribution in [2.45, 2.75) is 87.0 Å². The van der Waals surface area contributed by atoms with E-state index in [-0.39, 0.29) is 0 Å².